The maximum Gasteiger partial charge on any atom is 0.457 e. The first kappa shape index (κ1) is 13.7. The quantitative estimate of drug-likeness (QED) is 0.534. The highest BCUT2D eigenvalue weighted by Crippen LogP contribution is 2.38. The summed E-state index contributed by atoms with van der Waals surface area (Å²) >= 11 is 0. The Hall–Kier alpha value is -0.345. The average Bonchev–Trinajstić information content (AvgIpc) is 2.29. The van der Waals surface area contributed by atoms with E-state index in [1.54, 1.807) is 6.92 Å². The van der Waals surface area contributed by atoms with Crippen LogP contribution >= 0.6 is 0 Å². The average molecular weight is 226 g/mol. The Morgan fingerprint density at radius 1 is 1.06 bits per heavy atom. The topological polar surface area (TPSA) is 35.5 Å². The monoisotopic (exact) mass is 226 g/mol. The van der Waals surface area contributed by atoms with Crippen molar-refractivity contribution in [2.24, 2.45) is 0 Å². The van der Waals surface area contributed by atoms with Crippen molar-refractivity contribution < 1.29 is 14.1 Å². The molecule has 0 atom stereocenters. The van der Waals surface area contributed by atoms with Crippen molar-refractivity contribution >= 4 is 12.9 Å². The first-order valence-corrected chi connectivity index (χ1v) is 6.10. The lowest BCUT2D eigenvalue weighted by Gasteiger charge is -2.32. The summed E-state index contributed by atoms with van der Waals surface area (Å²) in [5, 5.41) is 0. The normalized spacial score (nSPS) is 22.4. The molecule has 1 aliphatic heterocycles. The number of carbonyl (C=O) groups excluding carboxylic acids is 1. The maximum atomic E-state index is 10.8. The molecule has 0 aromatic carbocycles. The zero-order valence-corrected chi connectivity index (χ0v) is 11.1. The minimum Gasteiger partial charge on any atom is -0.403 e. The second kappa shape index (κ2) is 4.88. The number of rotatable bonds is 5. The Balaban J connectivity index is 2.29. The first-order valence-electron chi connectivity index (χ1n) is 6.10. The fraction of sp³-hybridized carbons (Fsp3) is 0.917. The molecule has 1 rings (SSSR count). The van der Waals surface area contributed by atoms with E-state index in [2.05, 4.69) is 27.7 Å². The van der Waals surface area contributed by atoms with Gasteiger partial charge in [0, 0.05) is 6.42 Å². The Labute approximate surface area is 99.0 Å². The maximum absolute atomic E-state index is 10.8. The second-order valence-electron chi connectivity index (χ2n) is 5.63. The van der Waals surface area contributed by atoms with Crippen molar-refractivity contribution in [3.8, 4) is 0 Å². The molecule has 4 heteroatoms. The molecule has 92 valence electrons. The van der Waals surface area contributed by atoms with Crippen LogP contribution in [0.25, 0.3) is 0 Å². The predicted molar refractivity (Wildman–Crippen MR) is 65.4 cm³/mol. The third kappa shape index (κ3) is 3.32. The number of ketones is 1. The van der Waals surface area contributed by atoms with Crippen LogP contribution in [0.3, 0.4) is 0 Å². The standard InChI is InChI=1S/C12H23BO3/c1-10(14)8-6-7-9-13-15-11(2,3)12(4,5)16-13/h6-9H2,1-5H3. The third-order valence-electron chi connectivity index (χ3n) is 3.52. The third-order valence-corrected chi connectivity index (χ3v) is 3.52. The van der Waals surface area contributed by atoms with Gasteiger partial charge in [0.1, 0.15) is 5.78 Å². The molecule has 0 aromatic heterocycles. The second-order valence-corrected chi connectivity index (χ2v) is 5.63. The summed E-state index contributed by atoms with van der Waals surface area (Å²) < 4.78 is 11.7. The Morgan fingerprint density at radius 3 is 2.00 bits per heavy atom. The van der Waals surface area contributed by atoms with Crippen LogP contribution < -0.4 is 0 Å². The van der Waals surface area contributed by atoms with Crippen LogP contribution in [0.15, 0.2) is 0 Å². The zero-order valence-electron chi connectivity index (χ0n) is 11.1. The molecule has 0 unspecified atom stereocenters. The molecule has 0 bridgehead atoms. The summed E-state index contributed by atoms with van der Waals surface area (Å²) in [4.78, 5) is 10.8. The van der Waals surface area contributed by atoms with Gasteiger partial charge < -0.3 is 14.1 Å². The molecule has 0 N–H and O–H groups in total. The van der Waals surface area contributed by atoms with Crippen LogP contribution in [0.1, 0.15) is 53.9 Å². The lowest BCUT2D eigenvalue weighted by molar-refractivity contribution is -0.117. The van der Waals surface area contributed by atoms with E-state index in [1.165, 1.54) is 0 Å². The van der Waals surface area contributed by atoms with Gasteiger partial charge in [-0.15, -0.1) is 0 Å². The number of hydrogen-bond acceptors (Lipinski definition) is 3. The SMILES string of the molecule is CC(=O)CCCCB1OC(C)(C)C(C)(C)O1. The van der Waals surface area contributed by atoms with E-state index >= 15 is 0 Å². The fourth-order valence-electron chi connectivity index (χ4n) is 1.77. The summed E-state index contributed by atoms with van der Waals surface area (Å²) in [5.41, 5.74) is -0.476. The van der Waals surface area contributed by atoms with Crippen molar-refractivity contribution in [2.45, 2.75) is 71.4 Å². The minimum absolute atomic E-state index is 0.114. The Morgan fingerprint density at radius 2 is 1.56 bits per heavy atom. The van der Waals surface area contributed by atoms with Crippen LogP contribution in [0.4, 0.5) is 0 Å². The van der Waals surface area contributed by atoms with Crippen molar-refractivity contribution in [2.75, 3.05) is 0 Å². The fourth-order valence-corrected chi connectivity index (χ4v) is 1.77. The summed E-state index contributed by atoms with van der Waals surface area (Å²) in [6.07, 6.45) is 3.45. The van der Waals surface area contributed by atoms with Crippen LogP contribution in [0, 0.1) is 0 Å². The van der Waals surface area contributed by atoms with E-state index in [1.807, 2.05) is 0 Å². The van der Waals surface area contributed by atoms with Gasteiger partial charge in [0.15, 0.2) is 0 Å². The molecule has 3 nitrogen and oxygen atoms in total. The summed E-state index contributed by atoms with van der Waals surface area (Å²) in [5.74, 6) is 0.258. The molecule has 0 aromatic rings. The predicted octanol–water partition coefficient (Wildman–Crippen LogP) is 2.84. The number of Topliss-reactive ketones (excluding diaryl/α,β-unsaturated/α-hetero) is 1. The first-order chi connectivity index (χ1) is 7.24. The van der Waals surface area contributed by atoms with Crippen molar-refractivity contribution in [3.63, 3.8) is 0 Å². The van der Waals surface area contributed by atoms with Gasteiger partial charge in [-0.2, -0.15) is 0 Å². The van der Waals surface area contributed by atoms with Gasteiger partial charge in [-0.1, -0.05) is 6.42 Å². The number of unbranched alkanes of at least 4 members (excludes halogenated alkanes) is 1. The van der Waals surface area contributed by atoms with Gasteiger partial charge in [0.2, 0.25) is 0 Å². The Kier molecular flexibility index (Phi) is 4.19. The molecule has 16 heavy (non-hydrogen) atoms. The molecular formula is C12H23BO3. The molecule has 0 spiro atoms. The van der Waals surface area contributed by atoms with E-state index in [9.17, 15) is 4.79 Å². The van der Waals surface area contributed by atoms with E-state index in [0.717, 1.165) is 19.2 Å². The highest BCUT2D eigenvalue weighted by molar-refractivity contribution is 6.45. The van der Waals surface area contributed by atoms with Crippen LogP contribution in [0.2, 0.25) is 6.32 Å². The molecule has 0 saturated carbocycles. The summed E-state index contributed by atoms with van der Waals surface area (Å²) in [6.45, 7) is 9.87. The van der Waals surface area contributed by atoms with Crippen molar-refractivity contribution in [3.05, 3.63) is 0 Å². The highest BCUT2D eigenvalue weighted by Gasteiger charge is 2.50. The molecule has 1 heterocycles. The summed E-state index contributed by atoms with van der Waals surface area (Å²) in [7, 11) is -0.114. The smallest absolute Gasteiger partial charge is 0.403 e. The molecule has 1 fully saturated rings. The van der Waals surface area contributed by atoms with Gasteiger partial charge in [-0.25, -0.2) is 0 Å². The largest absolute Gasteiger partial charge is 0.457 e. The van der Waals surface area contributed by atoms with Crippen LogP contribution in [-0.4, -0.2) is 24.1 Å². The highest BCUT2D eigenvalue weighted by atomic mass is 16.7. The lowest BCUT2D eigenvalue weighted by Crippen LogP contribution is -2.41. The molecule has 1 saturated heterocycles. The molecule has 0 aliphatic carbocycles. The van der Waals surface area contributed by atoms with Gasteiger partial charge in [0.05, 0.1) is 11.2 Å². The minimum atomic E-state index is -0.238. The zero-order chi connectivity index (χ0) is 12.4. The van der Waals surface area contributed by atoms with E-state index < -0.39 is 0 Å². The summed E-state index contributed by atoms with van der Waals surface area (Å²) in [6, 6.07) is 0. The number of carbonyl (C=O) groups is 1. The van der Waals surface area contributed by atoms with Gasteiger partial charge in [0.25, 0.3) is 0 Å². The number of hydrogen-bond donors (Lipinski definition) is 0. The van der Waals surface area contributed by atoms with Gasteiger partial charge >= 0.3 is 7.12 Å². The van der Waals surface area contributed by atoms with Crippen molar-refractivity contribution in [1.29, 1.82) is 0 Å². The van der Waals surface area contributed by atoms with E-state index in [-0.39, 0.29) is 24.1 Å². The van der Waals surface area contributed by atoms with E-state index in [0.29, 0.717) is 6.42 Å². The van der Waals surface area contributed by atoms with Crippen LogP contribution in [-0.2, 0) is 14.1 Å². The van der Waals surface area contributed by atoms with Crippen molar-refractivity contribution in [1.82, 2.24) is 0 Å². The molecule has 0 amide bonds. The van der Waals surface area contributed by atoms with Crippen LogP contribution in [0.5, 0.6) is 0 Å². The van der Waals surface area contributed by atoms with Gasteiger partial charge in [-0.3, -0.25) is 0 Å². The Bertz CT molecular complexity index is 245. The molecule has 1 aliphatic rings. The molecular weight excluding hydrogens is 203 g/mol. The van der Waals surface area contributed by atoms with E-state index in [4.69, 9.17) is 9.31 Å². The molecule has 0 radical (unpaired) electrons. The lowest BCUT2D eigenvalue weighted by atomic mass is 9.82. The van der Waals surface area contributed by atoms with Gasteiger partial charge in [-0.05, 0) is 47.4 Å².